The fourth-order valence-electron chi connectivity index (χ4n) is 1.38. The highest BCUT2D eigenvalue weighted by Crippen LogP contribution is 2.22. The van der Waals surface area contributed by atoms with Gasteiger partial charge in [0.2, 0.25) is 0 Å². The average Bonchev–Trinajstić information content (AvgIpc) is 2.28. The minimum Gasteiger partial charge on any atom is -0.442 e. The molecule has 0 bridgehead atoms. The second-order valence-electron chi connectivity index (χ2n) is 4.41. The molecule has 0 aliphatic rings. The zero-order chi connectivity index (χ0) is 13.0. The first-order chi connectivity index (χ1) is 7.91. The SMILES string of the molecule is CC(OC(=O)N(C)C)c1cccc(N(C)C)c1. The Morgan fingerprint density at radius 2 is 1.88 bits per heavy atom. The van der Waals surface area contributed by atoms with E-state index in [9.17, 15) is 4.79 Å². The maximum atomic E-state index is 11.4. The topological polar surface area (TPSA) is 32.8 Å². The Morgan fingerprint density at radius 3 is 2.41 bits per heavy atom. The quantitative estimate of drug-likeness (QED) is 0.808. The third-order valence-electron chi connectivity index (χ3n) is 2.50. The van der Waals surface area contributed by atoms with E-state index in [-0.39, 0.29) is 12.2 Å². The van der Waals surface area contributed by atoms with E-state index in [0.717, 1.165) is 11.3 Å². The molecule has 0 aliphatic carbocycles. The predicted molar refractivity (Wildman–Crippen MR) is 69.4 cm³/mol. The first-order valence-corrected chi connectivity index (χ1v) is 5.57. The number of ether oxygens (including phenoxy) is 1. The van der Waals surface area contributed by atoms with E-state index in [4.69, 9.17) is 4.74 Å². The molecule has 1 aromatic carbocycles. The van der Waals surface area contributed by atoms with Gasteiger partial charge in [-0.1, -0.05) is 12.1 Å². The van der Waals surface area contributed by atoms with Gasteiger partial charge in [0.15, 0.2) is 0 Å². The second kappa shape index (κ2) is 5.57. The van der Waals surface area contributed by atoms with Gasteiger partial charge < -0.3 is 14.5 Å². The summed E-state index contributed by atoms with van der Waals surface area (Å²) in [6, 6.07) is 7.96. The van der Waals surface area contributed by atoms with Crippen LogP contribution in [0.1, 0.15) is 18.6 Å². The minimum absolute atomic E-state index is 0.246. The summed E-state index contributed by atoms with van der Waals surface area (Å²) in [5.41, 5.74) is 2.08. The maximum Gasteiger partial charge on any atom is 0.409 e. The van der Waals surface area contributed by atoms with Crippen molar-refractivity contribution in [2.24, 2.45) is 0 Å². The molecular formula is C13H20N2O2. The van der Waals surface area contributed by atoms with Crippen LogP contribution in [0.4, 0.5) is 10.5 Å². The molecule has 0 saturated heterocycles. The summed E-state index contributed by atoms with van der Waals surface area (Å²) >= 11 is 0. The summed E-state index contributed by atoms with van der Waals surface area (Å²) in [7, 11) is 7.31. The lowest BCUT2D eigenvalue weighted by Gasteiger charge is -2.19. The largest absolute Gasteiger partial charge is 0.442 e. The monoisotopic (exact) mass is 236 g/mol. The maximum absolute atomic E-state index is 11.4. The standard InChI is InChI=1S/C13H20N2O2/c1-10(17-13(16)15(4)5)11-7-6-8-12(9-11)14(2)3/h6-10H,1-5H3. The lowest BCUT2D eigenvalue weighted by atomic mass is 10.1. The van der Waals surface area contributed by atoms with E-state index < -0.39 is 0 Å². The van der Waals surface area contributed by atoms with Crippen LogP contribution in [-0.4, -0.2) is 39.2 Å². The van der Waals surface area contributed by atoms with Crippen LogP contribution >= 0.6 is 0 Å². The Kier molecular flexibility index (Phi) is 4.37. The van der Waals surface area contributed by atoms with Gasteiger partial charge in [0.1, 0.15) is 6.10 Å². The second-order valence-corrected chi connectivity index (χ2v) is 4.41. The van der Waals surface area contributed by atoms with Crippen LogP contribution in [-0.2, 0) is 4.74 Å². The number of hydrogen-bond acceptors (Lipinski definition) is 3. The van der Waals surface area contributed by atoms with Crippen LogP contribution in [0.15, 0.2) is 24.3 Å². The number of anilines is 1. The number of carbonyl (C=O) groups excluding carboxylic acids is 1. The number of nitrogens with zero attached hydrogens (tertiary/aromatic N) is 2. The van der Waals surface area contributed by atoms with Gasteiger partial charge in [-0.3, -0.25) is 0 Å². The van der Waals surface area contributed by atoms with Crippen molar-refractivity contribution in [3.8, 4) is 0 Å². The predicted octanol–water partition coefficient (Wildman–Crippen LogP) is 2.51. The zero-order valence-corrected chi connectivity index (χ0v) is 11.1. The number of carbonyl (C=O) groups is 1. The molecule has 0 heterocycles. The van der Waals surface area contributed by atoms with Gasteiger partial charge in [-0.15, -0.1) is 0 Å². The first-order valence-electron chi connectivity index (χ1n) is 5.57. The molecule has 1 atom stereocenters. The first kappa shape index (κ1) is 13.4. The van der Waals surface area contributed by atoms with Crippen molar-refractivity contribution in [2.45, 2.75) is 13.0 Å². The molecule has 1 unspecified atom stereocenters. The normalized spacial score (nSPS) is 11.8. The highest BCUT2D eigenvalue weighted by molar-refractivity contribution is 5.67. The van der Waals surface area contributed by atoms with Crippen molar-refractivity contribution in [1.82, 2.24) is 4.90 Å². The fraction of sp³-hybridized carbons (Fsp3) is 0.462. The van der Waals surface area contributed by atoms with Gasteiger partial charge in [0.25, 0.3) is 0 Å². The molecule has 4 nitrogen and oxygen atoms in total. The van der Waals surface area contributed by atoms with Crippen LogP contribution < -0.4 is 4.90 Å². The van der Waals surface area contributed by atoms with Crippen molar-refractivity contribution in [2.75, 3.05) is 33.1 Å². The highest BCUT2D eigenvalue weighted by Gasteiger charge is 2.13. The van der Waals surface area contributed by atoms with Gasteiger partial charge in [-0.25, -0.2) is 4.79 Å². The molecule has 0 N–H and O–H groups in total. The van der Waals surface area contributed by atoms with Crippen LogP contribution in [0.5, 0.6) is 0 Å². The Balaban J connectivity index is 2.78. The van der Waals surface area contributed by atoms with Gasteiger partial charge in [-0.2, -0.15) is 0 Å². The van der Waals surface area contributed by atoms with Crippen LogP contribution in [0.2, 0.25) is 0 Å². The molecule has 0 radical (unpaired) electrons. The summed E-state index contributed by atoms with van der Waals surface area (Å²) in [5.74, 6) is 0. The smallest absolute Gasteiger partial charge is 0.409 e. The van der Waals surface area contributed by atoms with Gasteiger partial charge in [-0.05, 0) is 24.6 Å². The van der Waals surface area contributed by atoms with E-state index in [2.05, 4.69) is 0 Å². The molecule has 0 saturated carbocycles. The highest BCUT2D eigenvalue weighted by atomic mass is 16.6. The summed E-state index contributed by atoms with van der Waals surface area (Å²) in [4.78, 5) is 14.9. The van der Waals surface area contributed by atoms with Gasteiger partial charge >= 0.3 is 6.09 Å². The summed E-state index contributed by atoms with van der Waals surface area (Å²) in [5, 5.41) is 0. The van der Waals surface area contributed by atoms with E-state index >= 15 is 0 Å². The molecule has 94 valence electrons. The van der Waals surface area contributed by atoms with Crippen molar-refractivity contribution < 1.29 is 9.53 Å². The average molecular weight is 236 g/mol. The summed E-state index contributed by atoms with van der Waals surface area (Å²) in [6.45, 7) is 1.87. The van der Waals surface area contributed by atoms with E-state index in [0.29, 0.717) is 0 Å². The summed E-state index contributed by atoms with van der Waals surface area (Å²) in [6.07, 6.45) is -0.572. The van der Waals surface area contributed by atoms with E-state index in [1.165, 1.54) is 4.90 Å². The molecule has 4 heteroatoms. The van der Waals surface area contributed by atoms with Crippen molar-refractivity contribution in [1.29, 1.82) is 0 Å². The lowest BCUT2D eigenvalue weighted by Crippen LogP contribution is -2.24. The molecule has 0 aromatic heterocycles. The number of amides is 1. The molecule has 1 amide bonds. The van der Waals surface area contributed by atoms with Crippen molar-refractivity contribution in [3.05, 3.63) is 29.8 Å². The summed E-state index contributed by atoms with van der Waals surface area (Å²) < 4.78 is 5.30. The Labute approximate surface area is 103 Å². The Bertz CT molecular complexity index is 389. The number of benzene rings is 1. The molecule has 1 aromatic rings. The Hall–Kier alpha value is -1.71. The van der Waals surface area contributed by atoms with Crippen LogP contribution in [0.25, 0.3) is 0 Å². The van der Waals surface area contributed by atoms with Gasteiger partial charge in [0, 0.05) is 33.9 Å². The molecule has 0 spiro atoms. The van der Waals surface area contributed by atoms with Crippen LogP contribution in [0.3, 0.4) is 0 Å². The third kappa shape index (κ3) is 3.66. The molecule has 17 heavy (non-hydrogen) atoms. The van der Waals surface area contributed by atoms with E-state index in [1.54, 1.807) is 14.1 Å². The molecule has 1 rings (SSSR count). The third-order valence-corrected chi connectivity index (χ3v) is 2.50. The van der Waals surface area contributed by atoms with Gasteiger partial charge in [0.05, 0.1) is 0 Å². The molecule has 0 fully saturated rings. The minimum atomic E-state index is -0.326. The van der Waals surface area contributed by atoms with Crippen molar-refractivity contribution >= 4 is 11.8 Å². The zero-order valence-electron chi connectivity index (χ0n) is 11.1. The fourth-order valence-corrected chi connectivity index (χ4v) is 1.38. The molecule has 0 aliphatic heterocycles. The number of hydrogen-bond donors (Lipinski definition) is 0. The van der Waals surface area contributed by atoms with Crippen LogP contribution in [0, 0.1) is 0 Å². The van der Waals surface area contributed by atoms with Crippen molar-refractivity contribution in [3.63, 3.8) is 0 Å². The van der Waals surface area contributed by atoms with E-state index in [1.807, 2.05) is 50.2 Å². The molecular weight excluding hydrogens is 216 g/mol. The Morgan fingerprint density at radius 1 is 1.24 bits per heavy atom. The lowest BCUT2D eigenvalue weighted by molar-refractivity contribution is 0.0826. The number of rotatable bonds is 3.